The van der Waals surface area contributed by atoms with Crippen LogP contribution in [0.25, 0.3) is 5.69 Å². The van der Waals surface area contributed by atoms with Gasteiger partial charge in [-0.25, -0.2) is 0 Å². The highest BCUT2D eigenvalue weighted by molar-refractivity contribution is 5.43. The standard InChI is InChI=1S/C25H27N5O2/c1-18-9-12-22(13-10-18)30-25(27-28-29-30)17-32-23-14-11-20(15-24(23)31-3)16-26-19(2)21-7-5-4-6-8-21/h4-15,19,26H,16-17H2,1-3H3/t19-/m1/s1. The lowest BCUT2D eigenvalue weighted by Crippen LogP contribution is -2.18. The van der Waals surface area contributed by atoms with Crippen LogP contribution in [0.5, 0.6) is 11.5 Å². The molecule has 1 atom stereocenters. The second-order valence-corrected chi connectivity index (χ2v) is 7.63. The molecule has 0 bridgehead atoms. The number of methoxy groups -OCH3 is 1. The van der Waals surface area contributed by atoms with E-state index in [2.05, 4.69) is 52.0 Å². The molecule has 7 heteroatoms. The van der Waals surface area contributed by atoms with Crippen molar-refractivity contribution in [2.75, 3.05) is 7.11 Å². The molecule has 1 heterocycles. The van der Waals surface area contributed by atoms with Crippen LogP contribution in [0, 0.1) is 6.92 Å². The molecule has 0 spiro atoms. The van der Waals surface area contributed by atoms with Gasteiger partial charge in [0.2, 0.25) is 0 Å². The molecule has 1 N–H and O–H groups in total. The Labute approximate surface area is 188 Å². The number of aromatic nitrogens is 4. The molecule has 3 aromatic carbocycles. The predicted octanol–water partition coefficient (Wildman–Crippen LogP) is 4.41. The van der Waals surface area contributed by atoms with Crippen LogP contribution in [0.15, 0.2) is 72.8 Å². The van der Waals surface area contributed by atoms with Crippen LogP contribution in [0.1, 0.15) is 35.5 Å². The molecule has 0 aliphatic heterocycles. The Morgan fingerprint density at radius 2 is 1.75 bits per heavy atom. The number of nitrogens with one attached hydrogen (secondary N) is 1. The summed E-state index contributed by atoms with van der Waals surface area (Å²) >= 11 is 0. The van der Waals surface area contributed by atoms with E-state index in [1.54, 1.807) is 11.8 Å². The van der Waals surface area contributed by atoms with Gasteiger partial charge in [-0.1, -0.05) is 54.1 Å². The van der Waals surface area contributed by atoms with E-state index in [1.165, 1.54) is 11.1 Å². The van der Waals surface area contributed by atoms with Gasteiger partial charge < -0.3 is 14.8 Å². The Morgan fingerprint density at radius 1 is 0.969 bits per heavy atom. The Balaban J connectivity index is 1.41. The number of rotatable bonds is 9. The third-order valence-corrected chi connectivity index (χ3v) is 5.31. The lowest BCUT2D eigenvalue weighted by atomic mass is 10.1. The fraction of sp³-hybridized carbons (Fsp3) is 0.240. The van der Waals surface area contributed by atoms with Crippen molar-refractivity contribution in [1.82, 2.24) is 25.5 Å². The minimum atomic E-state index is 0.222. The summed E-state index contributed by atoms with van der Waals surface area (Å²) in [7, 11) is 1.64. The predicted molar refractivity (Wildman–Crippen MR) is 123 cm³/mol. The Morgan fingerprint density at radius 3 is 2.50 bits per heavy atom. The summed E-state index contributed by atoms with van der Waals surface area (Å²) in [5.74, 6) is 1.93. The van der Waals surface area contributed by atoms with Crippen LogP contribution >= 0.6 is 0 Å². The van der Waals surface area contributed by atoms with Gasteiger partial charge in [-0.05, 0) is 59.7 Å². The zero-order chi connectivity index (χ0) is 22.3. The van der Waals surface area contributed by atoms with Crippen molar-refractivity contribution in [2.24, 2.45) is 0 Å². The van der Waals surface area contributed by atoms with Crippen LogP contribution in [0.3, 0.4) is 0 Å². The van der Waals surface area contributed by atoms with E-state index in [-0.39, 0.29) is 12.6 Å². The van der Waals surface area contributed by atoms with Crippen LogP contribution in [0.2, 0.25) is 0 Å². The summed E-state index contributed by atoms with van der Waals surface area (Å²) in [4.78, 5) is 0. The highest BCUT2D eigenvalue weighted by atomic mass is 16.5. The highest BCUT2D eigenvalue weighted by Gasteiger charge is 2.12. The first-order chi connectivity index (χ1) is 15.6. The first-order valence-corrected chi connectivity index (χ1v) is 10.6. The van der Waals surface area contributed by atoms with Gasteiger partial charge in [0, 0.05) is 12.6 Å². The lowest BCUT2D eigenvalue weighted by molar-refractivity contribution is 0.273. The summed E-state index contributed by atoms with van der Waals surface area (Å²) in [6, 6.07) is 24.6. The maximum Gasteiger partial charge on any atom is 0.194 e. The first-order valence-electron chi connectivity index (χ1n) is 10.6. The normalized spacial score (nSPS) is 11.8. The number of ether oxygens (including phenoxy) is 2. The first kappa shape index (κ1) is 21.5. The summed E-state index contributed by atoms with van der Waals surface area (Å²) in [6.45, 7) is 5.14. The summed E-state index contributed by atoms with van der Waals surface area (Å²) < 4.78 is 13.2. The molecule has 0 amide bonds. The molecule has 0 radical (unpaired) electrons. The molecular weight excluding hydrogens is 402 g/mol. The molecule has 32 heavy (non-hydrogen) atoms. The van der Waals surface area contributed by atoms with Crippen molar-refractivity contribution in [3.8, 4) is 17.2 Å². The molecular formula is C25H27N5O2. The van der Waals surface area contributed by atoms with Crippen LogP contribution in [0.4, 0.5) is 0 Å². The minimum Gasteiger partial charge on any atom is -0.493 e. The molecule has 1 aromatic heterocycles. The van der Waals surface area contributed by atoms with E-state index in [9.17, 15) is 0 Å². The maximum atomic E-state index is 6.00. The van der Waals surface area contributed by atoms with Crippen molar-refractivity contribution >= 4 is 0 Å². The van der Waals surface area contributed by atoms with Crippen molar-refractivity contribution in [3.63, 3.8) is 0 Å². The van der Waals surface area contributed by atoms with Crippen LogP contribution in [-0.4, -0.2) is 27.3 Å². The zero-order valence-electron chi connectivity index (χ0n) is 18.5. The van der Waals surface area contributed by atoms with Gasteiger partial charge in [-0.15, -0.1) is 5.10 Å². The average Bonchev–Trinajstić information content (AvgIpc) is 3.31. The summed E-state index contributed by atoms with van der Waals surface area (Å²) in [6.07, 6.45) is 0. The second kappa shape index (κ2) is 10.1. The van der Waals surface area contributed by atoms with E-state index < -0.39 is 0 Å². The van der Waals surface area contributed by atoms with E-state index >= 15 is 0 Å². The SMILES string of the molecule is COc1cc(CN[C@H](C)c2ccccc2)ccc1OCc1nnnn1-c1ccc(C)cc1. The van der Waals surface area contributed by atoms with Crippen molar-refractivity contribution < 1.29 is 9.47 Å². The molecule has 0 saturated heterocycles. The molecule has 0 fully saturated rings. The number of hydrogen-bond acceptors (Lipinski definition) is 6. The number of hydrogen-bond donors (Lipinski definition) is 1. The third-order valence-electron chi connectivity index (χ3n) is 5.31. The molecule has 4 rings (SSSR count). The molecule has 4 aromatic rings. The van der Waals surface area contributed by atoms with Crippen LogP contribution in [-0.2, 0) is 13.2 Å². The van der Waals surface area contributed by atoms with E-state index in [4.69, 9.17) is 9.47 Å². The zero-order valence-corrected chi connectivity index (χ0v) is 18.5. The number of nitrogens with zero attached hydrogens (tertiary/aromatic N) is 4. The van der Waals surface area contributed by atoms with Gasteiger partial charge in [-0.3, -0.25) is 0 Å². The quantitative estimate of drug-likeness (QED) is 0.425. The molecule has 0 aliphatic rings. The van der Waals surface area contributed by atoms with Gasteiger partial charge in [0.15, 0.2) is 23.9 Å². The number of tetrazole rings is 1. The molecule has 7 nitrogen and oxygen atoms in total. The third kappa shape index (κ3) is 5.12. The summed E-state index contributed by atoms with van der Waals surface area (Å²) in [5.41, 5.74) is 4.43. The van der Waals surface area contributed by atoms with Gasteiger partial charge in [0.05, 0.1) is 12.8 Å². The van der Waals surface area contributed by atoms with Crippen molar-refractivity contribution in [2.45, 2.75) is 33.0 Å². The molecule has 0 aliphatic carbocycles. The Kier molecular flexibility index (Phi) is 6.77. The van der Waals surface area contributed by atoms with Gasteiger partial charge in [0.1, 0.15) is 0 Å². The molecule has 0 unspecified atom stereocenters. The minimum absolute atomic E-state index is 0.222. The highest BCUT2D eigenvalue weighted by Crippen LogP contribution is 2.29. The van der Waals surface area contributed by atoms with E-state index in [0.29, 0.717) is 17.3 Å². The Bertz CT molecular complexity index is 1140. The smallest absolute Gasteiger partial charge is 0.194 e. The van der Waals surface area contributed by atoms with Crippen molar-refractivity contribution in [1.29, 1.82) is 0 Å². The lowest BCUT2D eigenvalue weighted by Gasteiger charge is -2.16. The largest absolute Gasteiger partial charge is 0.493 e. The second-order valence-electron chi connectivity index (χ2n) is 7.63. The monoisotopic (exact) mass is 429 g/mol. The van der Waals surface area contributed by atoms with E-state index in [1.807, 2.05) is 55.5 Å². The fourth-order valence-corrected chi connectivity index (χ4v) is 3.40. The number of benzene rings is 3. The van der Waals surface area contributed by atoms with Gasteiger partial charge in [0.25, 0.3) is 0 Å². The van der Waals surface area contributed by atoms with E-state index in [0.717, 1.165) is 17.8 Å². The average molecular weight is 430 g/mol. The molecule has 0 saturated carbocycles. The van der Waals surface area contributed by atoms with Gasteiger partial charge in [-0.2, -0.15) is 4.68 Å². The van der Waals surface area contributed by atoms with Gasteiger partial charge >= 0.3 is 0 Å². The topological polar surface area (TPSA) is 74.1 Å². The maximum absolute atomic E-state index is 6.00. The van der Waals surface area contributed by atoms with Crippen molar-refractivity contribution in [3.05, 3.63) is 95.3 Å². The number of aryl methyl sites for hydroxylation is 1. The summed E-state index contributed by atoms with van der Waals surface area (Å²) in [5, 5.41) is 15.5. The van der Waals surface area contributed by atoms with Crippen LogP contribution < -0.4 is 14.8 Å². The fourth-order valence-electron chi connectivity index (χ4n) is 3.40. The Hall–Kier alpha value is -3.71. The molecule has 164 valence electrons.